The van der Waals surface area contributed by atoms with Gasteiger partial charge in [-0.2, -0.15) is 0 Å². The van der Waals surface area contributed by atoms with Gasteiger partial charge in [-0.3, -0.25) is 14.4 Å². The number of carboxylic acid groups (broad SMARTS) is 1. The summed E-state index contributed by atoms with van der Waals surface area (Å²) in [6.07, 6.45) is 3.46. The summed E-state index contributed by atoms with van der Waals surface area (Å²) < 4.78 is 5.94. The molecule has 1 fully saturated rings. The summed E-state index contributed by atoms with van der Waals surface area (Å²) in [6, 6.07) is 4.97. The van der Waals surface area contributed by atoms with Crippen LogP contribution in [0.2, 0.25) is 0 Å². The van der Waals surface area contributed by atoms with Crippen molar-refractivity contribution in [1.29, 1.82) is 0 Å². The highest BCUT2D eigenvalue weighted by molar-refractivity contribution is 5.99. The Morgan fingerprint density at radius 3 is 2.45 bits per heavy atom. The Balaban J connectivity index is 1.95. The van der Waals surface area contributed by atoms with Gasteiger partial charge < -0.3 is 25.8 Å². The quantitative estimate of drug-likeness (QED) is 0.535. The van der Waals surface area contributed by atoms with Gasteiger partial charge in [0.25, 0.3) is 5.91 Å². The molecule has 1 aromatic carbocycles. The van der Waals surface area contributed by atoms with E-state index < -0.39 is 29.4 Å². The van der Waals surface area contributed by atoms with Crippen molar-refractivity contribution in [1.82, 2.24) is 16.0 Å². The number of benzene rings is 1. The molecule has 1 aliphatic carbocycles. The van der Waals surface area contributed by atoms with E-state index in [0.717, 1.165) is 19.3 Å². The van der Waals surface area contributed by atoms with Crippen LogP contribution in [0, 0.1) is 5.92 Å². The second kappa shape index (κ2) is 10.7. The van der Waals surface area contributed by atoms with E-state index in [1.165, 1.54) is 0 Å². The standard InChI is InChI=1S/C24H33N3O6/c1-15(2)18-14-33-19-9-5-4-8-16(19)21(29)25-17(22(30)31)10-11-20(28)27-24(23(32)26-18)12-6-3-7-13-24/h4-5,8-9,15,17-18H,3,6-7,10-14H2,1-2H3,(H,25,29)(H,26,32)(H,27,28)(H,30,31)/t17-,18+/m0/s1. The lowest BCUT2D eigenvalue weighted by molar-refractivity contribution is -0.140. The summed E-state index contributed by atoms with van der Waals surface area (Å²) in [5, 5.41) is 18.0. The van der Waals surface area contributed by atoms with Crippen LogP contribution < -0.4 is 20.7 Å². The molecule has 9 heteroatoms. The molecule has 3 amide bonds. The van der Waals surface area contributed by atoms with E-state index in [0.29, 0.717) is 18.6 Å². The summed E-state index contributed by atoms with van der Waals surface area (Å²) in [5.74, 6) is -2.13. The molecule has 1 spiro atoms. The van der Waals surface area contributed by atoms with Gasteiger partial charge in [0.15, 0.2) is 0 Å². The zero-order chi connectivity index (χ0) is 24.0. The fraction of sp³-hybridized carbons (Fsp3) is 0.583. The van der Waals surface area contributed by atoms with E-state index >= 15 is 0 Å². The Hall–Kier alpha value is -3.10. The van der Waals surface area contributed by atoms with Gasteiger partial charge >= 0.3 is 5.97 Å². The molecular formula is C24H33N3O6. The smallest absolute Gasteiger partial charge is 0.326 e. The van der Waals surface area contributed by atoms with Crippen molar-refractivity contribution in [3.05, 3.63) is 29.8 Å². The van der Waals surface area contributed by atoms with Crippen LogP contribution in [0.4, 0.5) is 0 Å². The molecule has 3 rings (SSSR count). The minimum Gasteiger partial charge on any atom is -0.491 e. The van der Waals surface area contributed by atoms with Gasteiger partial charge in [-0.15, -0.1) is 0 Å². The monoisotopic (exact) mass is 459 g/mol. The molecular weight excluding hydrogens is 426 g/mol. The molecule has 1 aromatic rings. The number of ether oxygens (including phenoxy) is 1. The number of fused-ring (bicyclic) bond motifs is 1. The number of hydrogen-bond donors (Lipinski definition) is 4. The lowest BCUT2D eigenvalue weighted by atomic mass is 9.80. The molecule has 2 aliphatic rings. The summed E-state index contributed by atoms with van der Waals surface area (Å²) in [7, 11) is 0. The molecule has 0 saturated heterocycles. The third-order valence-electron chi connectivity index (χ3n) is 6.46. The molecule has 1 saturated carbocycles. The molecule has 0 aromatic heterocycles. The first kappa shape index (κ1) is 24.5. The molecule has 0 bridgehead atoms. The number of nitrogens with one attached hydrogen (secondary N) is 3. The molecule has 0 unspecified atom stereocenters. The predicted octanol–water partition coefficient (Wildman–Crippen LogP) is 2.00. The SMILES string of the molecule is CC(C)[C@H]1COc2ccccc2C(=O)N[C@H](C(=O)O)CCC(=O)NC2(CCCCC2)C(=O)N1. The Morgan fingerprint density at radius 2 is 1.79 bits per heavy atom. The maximum atomic E-state index is 13.4. The van der Waals surface area contributed by atoms with Crippen LogP contribution in [0.5, 0.6) is 5.75 Å². The highest BCUT2D eigenvalue weighted by Gasteiger charge is 2.42. The lowest BCUT2D eigenvalue weighted by Gasteiger charge is -2.38. The van der Waals surface area contributed by atoms with Gasteiger partial charge in [-0.25, -0.2) is 4.79 Å². The van der Waals surface area contributed by atoms with Crippen molar-refractivity contribution < 1.29 is 29.0 Å². The number of rotatable bonds is 2. The average Bonchev–Trinajstić information content (AvgIpc) is 2.79. The fourth-order valence-corrected chi connectivity index (χ4v) is 4.33. The van der Waals surface area contributed by atoms with Crippen LogP contribution in [0.15, 0.2) is 24.3 Å². The lowest BCUT2D eigenvalue weighted by Crippen LogP contribution is -2.62. The van der Waals surface area contributed by atoms with Crippen molar-refractivity contribution >= 4 is 23.7 Å². The maximum Gasteiger partial charge on any atom is 0.326 e. The molecule has 4 N–H and O–H groups in total. The van der Waals surface area contributed by atoms with E-state index in [1.807, 2.05) is 13.8 Å². The second-order valence-electron chi connectivity index (χ2n) is 9.23. The normalized spacial score (nSPS) is 24.4. The van der Waals surface area contributed by atoms with Crippen molar-refractivity contribution in [2.75, 3.05) is 6.61 Å². The first-order chi connectivity index (χ1) is 15.7. The highest BCUT2D eigenvalue weighted by Crippen LogP contribution is 2.29. The number of amides is 3. The van der Waals surface area contributed by atoms with E-state index in [9.17, 15) is 24.3 Å². The molecule has 33 heavy (non-hydrogen) atoms. The third kappa shape index (κ3) is 6.03. The summed E-state index contributed by atoms with van der Waals surface area (Å²) in [5.41, 5.74) is -0.830. The van der Waals surface area contributed by atoms with E-state index in [1.54, 1.807) is 24.3 Å². The molecule has 1 heterocycles. The van der Waals surface area contributed by atoms with Gasteiger partial charge in [0.1, 0.15) is 23.9 Å². The zero-order valence-electron chi connectivity index (χ0n) is 19.2. The van der Waals surface area contributed by atoms with Gasteiger partial charge in [-0.05, 0) is 37.3 Å². The zero-order valence-corrected chi connectivity index (χ0v) is 19.2. The topological polar surface area (TPSA) is 134 Å². The Morgan fingerprint density at radius 1 is 1.09 bits per heavy atom. The van der Waals surface area contributed by atoms with Gasteiger partial charge in [0.05, 0.1) is 11.6 Å². The van der Waals surface area contributed by atoms with Crippen molar-refractivity contribution in [3.8, 4) is 5.75 Å². The number of carboxylic acids is 1. The first-order valence-corrected chi connectivity index (χ1v) is 11.6. The number of carbonyl (C=O) groups excluding carboxylic acids is 3. The molecule has 180 valence electrons. The van der Waals surface area contributed by atoms with Crippen LogP contribution in [0.25, 0.3) is 0 Å². The van der Waals surface area contributed by atoms with Gasteiger partial charge in [0, 0.05) is 6.42 Å². The van der Waals surface area contributed by atoms with Crippen LogP contribution in [-0.4, -0.2) is 53.0 Å². The van der Waals surface area contributed by atoms with E-state index in [-0.39, 0.29) is 42.9 Å². The minimum absolute atomic E-state index is 0.0401. The number of carbonyl (C=O) groups is 4. The van der Waals surface area contributed by atoms with Crippen molar-refractivity contribution in [3.63, 3.8) is 0 Å². The number of para-hydroxylation sites is 1. The minimum atomic E-state index is -1.25. The summed E-state index contributed by atoms with van der Waals surface area (Å²) in [6.45, 7) is 4.05. The fourth-order valence-electron chi connectivity index (χ4n) is 4.33. The van der Waals surface area contributed by atoms with Gasteiger partial charge in [-0.1, -0.05) is 45.2 Å². The van der Waals surface area contributed by atoms with E-state index in [4.69, 9.17) is 4.74 Å². The average molecular weight is 460 g/mol. The van der Waals surface area contributed by atoms with Crippen LogP contribution in [-0.2, 0) is 14.4 Å². The first-order valence-electron chi connectivity index (χ1n) is 11.6. The summed E-state index contributed by atoms with van der Waals surface area (Å²) >= 11 is 0. The highest BCUT2D eigenvalue weighted by atomic mass is 16.5. The number of aliphatic carboxylic acids is 1. The maximum absolute atomic E-state index is 13.4. The van der Waals surface area contributed by atoms with Crippen molar-refractivity contribution in [2.24, 2.45) is 5.92 Å². The number of hydrogen-bond acceptors (Lipinski definition) is 5. The largest absolute Gasteiger partial charge is 0.491 e. The molecule has 0 radical (unpaired) electrons. The molecule has 1 aliphatic heterocycles. The molecule has 9 nitrogen and oxygen atoms in total. The van der Waals surface area contributed by atoms with E-state index in [2.05, 4.69) is 16.0 Å². The van der Waals surface area contributed by atoms with Crippen molar-refractivity contribution in [2.45, 2.75) is 76.4 Å². The Labute approximate surface area is 193 Å². The van der Waals surface area contributed by atoms with Crippen LogP contribution in [0.1, 0.15) is 69.2 Å². The van der Waals surface area contributed by atoms with Gasteiger partial charge in [0.2, 0.25) is 11.8 Å². The second-order valence-corrected chi connectivity index (χ2v) is 9.23. The van der Waals surface area contributed by atoms with Crippen LogP contribution >= 0.6 is 0 Å². The predicted molar refractivity (Wildman–Crippen MR) is 121 cm³/mol. The Bertz CT molecular complexity index is 894. The molecule has 2 atom stereocenters. The summed E-state index contributed by atoms with van der Waals surface area (Å²) in [4.78, 5) is 50.8. The Kier molecular flexibility index (Phi) is 7.94. The van der Waals surface area contributed by atoms with Crippen LogP contribution in [0.3, 0.4) is 0 Å². The third-order valence-corrected chi connectivity index (χ3v) is 6.46.